The molecular formula is C23H42O4. The number of carboxylic acid groups (broad SMARTS) is 1. The highest BCUT2D eigenvalue weighted by molar-refractivity contribution is 5.90. The third kappa shape index (κ3) is 19.3. The van der Waals surface area contributed by atoms with Gasteiger partial charge in [-0.3, -0.25) is 0 Å². The number of carbonyl (C=O) groups excluding carboxylic acids is 1. The van der Waals surface area contributed by atoms with Crippen LogP contribution in [0.4, 0.5) is 0 Å². The number of aliphatic carboxylic acids is 1. The maximum atomic E-state index is 11.5. The molecule has 1 N–H and O–H groups in total. The summed E-state index contributed by atoms with van der Waals surface area (Å²) in [5.74, 6) is -1.69. The van der Waals surface area contributed by atoms with Gasteiger partial charge in [0, 0.05) is 12.2 Å². The molecule has 0 saturated carbocycles. The van der Waals surface area contributed by atoms with Gasteiger partial charge < -0.3 is 9.84 Å². The smallest absolute Gasteiger partial charge is 0.331 e. The van der Waals surface area contributed by atoms with E-state index in [9.17, 15) is 9.59 Å². The molecule has 0 rings (SSSR count). The Morgan fingerprint density at radius 2 is 1.19 bits per heavy atom. The molecule has 0 spiro atoms. The van der Waals surface area contributed by atoms with Gasteiger partial charge in [0.1, 0.15) is 6.10 Å². The molecule has 0 aliphatic carbocycles. The van der Waals surface area contributed by atoms with Crippen molar-refractivity contribution in [2.75, 3.05) is 0 Å². The van der Waals surface area contributed by atoms with Gasteiger partial charge in [-0.05, 0) is 19.3 Å². The van der Waals surface area contributed by atoms with E-state index in [1.165, 1.54) is 83.5 Å². The molecule has 1 unspecified atom stereocenters. The minimum absolute atomic E-state index is 0.103. The highest BCUT2D eigenvalue weighted by Crippen LogP contribution is 2.15. The molecule has 4 nitrogen and oxygen atoms in total. The second kappa shape index (κ2) is 19.4. The number of carboxylic acids is 1. The van der Waals surface area contributed by atoms with Crippen LogP contribution in [0, 0.1) is 0 Å². The van der Waals surface area contributed by atoms with Crippen molar-refractivity contribution in [1.29, 1.82) is 0 Å². The lowest BCUT2D eigenvalue weighted by Crippen LogP contribution is -2.16. The van der Waals surface area contributed by atoms with Crippen molar-refractivity contribution in [3.63, 3.8) is 0 Å². The first-order valence-corrected chi connectivity index (χ1v) is 11.2. The largest absolute Gasteiger partial charge is 0.478 e. The van der Waals surface area contributed by atoms with Crippen LogP contribution in [0.5, 0.6) is 0 Å². The Morgan fingerprint density at radius 1 is 0.741 bits per heavy atom. The first kappa shape index (κ1) is 25.7. The average Bonchev–Trinajstić information content (AvgIpc) is 2.65. The number of hydrogen-bond acceptors (Lipinski definition) is 3. The van der Waals surface area contributed by atoms with E-state index in [0.717, 1.165) is 31.4 Å². The quantitative estimate of drug-likeness (QED) is 0.151. The Labute approximate surface area is 166 Å². The summed E-state index contributed by atoms with van der Waals surface area (Å²) in [4.78, 5) is 21.9. The van der Waals surface area contributed by atoms with Crippen LogP contribution in [0.15, 0.2) is 12.2 Å². The molecule has 0 saturated heterocycles. The van der Waals surface area contributed by atoms with E-state index in [4.69, 9.17) is 9.84 Å². The lowest BCUT2D eigenvalue weighted by atomic mass is 10.0. The fraction of sp³-hybridized carbons (Fsp3) is 0.826. The molecule has 0 aliphatic heterocycles. The van der Waals surface area contributed by atoms with Crippen molar-refractivity contribution in [2.24, 2.45) is 0 Å². The van der Waals surface area contributed by atoms with Crippen molar-refractivity contribution in [1.82, 2.24) is 0 Å². The van der Waals surface area contributed by atoms with E-state index in [1.54, 1.807) is 0 Å². The Morgan fingerprint density at radius 3 is 1.59 bits per heavy atom. The van der Waals surface area contributed by atoms with Crippen LogP contribution in [0.25, 0.3) is 0 Å². The van der Waals surface area contributed by atoms with Crippen molar-refractivity contribution in [3.05, 3.63) is 12.2 Å². The third-order valence-corrected chi connectivity index (χ3v) is 4.98. The monoisotopic (exact) mass is 382 g/mol. The molecular weight excluding hydrogens is 340 g/mol. The first-order valence-electron chi connectivity index (χ1n) is 11.2. The molecule has 0 amide bonds. The number of carbonyl (C=O) groups is 2. The summed E-state index contributed by atoms with van der Waals surface area (Å²) in [5.41, 5.74) is 0. The molecule has 27 heavy (non-hydrogen) atoms. The SMILES string of the molecule is CCCCCCCCCCCCCCCCC(CC)OC(=O)/C=C/C(=O)O. The number of ether oxygens (including phenoxy) is 1. The van der Waals surface area contributed by atoms with E-state index in [0.29, 0.717) is 0 Å². The molecule has 0 aliphatic rings. The molecule has 4 heteroatoms. The van der Waals surface area contributed by atoms with Crippen molar-refractivity contribution in [2.45, 2.75) is 123 Å². The van der Waals surface area contributed by atoms with Crippen LogP contribution in [0.2, 0.25) is 0 Å². The molecule has 0 bridgehead atoms. The van der Waals surface area contributed by atoms with Crippen LogP contribution in [0.1, 0.15) is 117 Å². The summed E-state index contributed by atoms with van der Waals surface area (Å²) in [7, 11) is 0. The van der Waals surface area contributed by atoms with E-state index >= 15 is 0 Å². The zero-order valence-electron chi connectivity index (χ0n) is 17.7. The normalized spacial score (nSPS) is 12.4. The molecule has 0 aromatic heterocycles. The van der Waals surface area contributed by atoms with Crippen molar-refractivity contribution in [3.8, 4) is 0 Å². The first-order chi connectivity index (χ1) is 13.1. The lowest BCUT2D eigenvalue weighted by Gasteiger charge is -2.14. The standard InChI is InChI=1S/C23H42O4/c1-3-5-6-7-8-9-10-11-12-13-14-15-16-17-18-21(4-2)27-23(26)20-19-22(24)25/h19-21H,3-18H2,1-2H3,(H,24,25)/b20-19+. The second-order valence-electron chi connectivity index (χ2n) is 7.52. The van der Waals surface area contributed by atoms with Crippen LogP contribution in [-0.4, -0.2) is 23.1 Å². The van der Waals surface area contributed by atoms with Crippen LogP contribution in [-0.2, 0) is 14.3 Å². The molecule has 0 aromatic carbocycles. The molecule has 0 radical (unpaired) electrons. The Hall–Kier alpha value is -1.32. The Balaban J connectivity index is 3.44. The summed E-state index contributed by atoms with van der Waals surface area (Å²) in [6.07, 6.45) is 22.0. The average molecular weight is 383 g/mol. The number of hydrogen-bond donors (Lipinski definition) is 1. The molecule has 0 fully saturated rings. The number of rotatable bonds is 19. The molecule has 158 valence electrons. The second-order valence-corrected chi connectivity index (χ2v) is 7.52. The molecule has 0 aromatic rings. The fourth-order valence-electron chi connectivity index (χ4n) is 3.26. The lowest BCUT2D eigenvalue weighted by molar-refractivity contribution is -0.144. The minimum atomic E-state index is -1.13. The van der Waals surface area contributed by atoms with Gasteiger partial charge in [0.05, 0.1) is 0 Å². The van der Waals surface area contributed by atoms with Crippen molar-refractivity contribution < 1.29 is 19.4 Å². The van der Waals surface area contributed by atoms with Crippen LogP contribution >= 0.6 is 0 Å². The minimum Gasteiger partial charge on any atom is -0.478 e. The zero-order valence-corrected chi connectivity index (χ0v) is 17.7. The molecule has 0 heterocycles. The Bertz CT molecular complexity index is 390. The van der Waals surface area contributed by atoms with Gasteiger partial charge >= 0.3 is 11.9 Å². The van der Waals surface area contributed by atoms with Gasteiger partial charge in [0.2, 0.25) is 0 Å². The van der Waals surface area contributed by atoms with Gasteiger partial charge in [-0.2, -0.15) is 0 Å². The van der Waals surface area contributed by atoms with Crippen molar-refractivity contribution >= 4 is 11.9 Å². The Kier molecular flexibility index (Phi) is 18.5. The summed E-state index contributed by atoms with van der Waals surface area (Å²) in [6, 6.07) is 0. The maximum absolute atomic E-state index is 11.5. The van der Waals surface area contributed by atoms with E-state index in [2.05, 4.69) is 6.92 Å². The van der Waals surface area contributed by atoms with E-state index in [1.807, 2.05) is 6.92 Å². The predicted molar refractivity (Wildman–Crippen MR) is 112 cm³/mol. The van der Waals surface area contributed by atoms with Gasteiger partial charge in [-0.15, -0.1) is 0 Å². The highest BCUT2D eigenvalue weighted by Gasteiger charge is 2.10. The van der Waals surface area contributed by atoms with Gasteiger partial charge in [-0.25, -0.2) is 9.59 Å². The van der Waals surface area contributed by atoms with Gasteiger partial charge in [0.25, 0.3) is 0 Å². The number of esters is 1. The fourth-order valence-corrected chi connectivity index (χ4v) is 3.26. The summed E-state index contributed by atoms with van der Waals surface area (Å²) < 4.78 is 5.27. The summed E-state index contributed by atoms with van der Waals surface area (Å²) in [5, 5.41) is 8.50. The number of unbranched alkanes of at least 4 members (excludes halogenated alkanes) is 13. The van der Waals surface area contributed by atoms with E-state index in [-0.39, 0.29) is 6.10 Å². The van der Waals surface area contributed by atoms with Crippen LogP contribution in [0.3, 0.4) is 0 Å². The topological polar surface area (TPSA) is 63.6 Å². The highest BCUT2D eigenvalue weighted by atomic mass is 16.5. The third-order valence-electron chi connectivity index (χ3n) is 4.98. The summed E-state index contributed by atoms with van der Waals surface area (Å²) in [6.45, 7) is 4.25. The molecule has 1 atom stereocenters. The van der Waals surface area contributed by atoms with Gasteiger partial charge in [-0.1, -0.05) is 97.3 Å². The maximum Gasteiger partial charge on any atom is 0.331 e. The van der Waals surface area contributed by atoms with E-state index < -0.39 is 11.9 Å². The summed E-state index contributed by atoms with van der Waals surface area (Å²) >= 11 is 0. The predicted octanol–water partition coefficient (Wildman–Crippen LogP) is 6.82. The van der Waals surface area contributed by atoms with Gasteiger partial charge in [0.15, 0.2) is 0 Å². The zero-order chi connectivity index (χ0) is 20.2. The van der Waals surface area contributed by atoms with Crippen LogP contribution < -0.4 is 0 Å².